The fraction of sp³-hybridized carbons (Fsp3) is 0.333. The molecule has 0 saturated heterocycles. The number of nitrogens with zero attached hydrogens (tertiary/aromatic N) is 1. The number of aryl methyl sites for hydroxylation is 2. The number of carbonyl (C=O) groups is 1. The molecule has 1 aromatic heterocycles. The van der Waals surface area contributed by atoms with E-state index in [0.717, 1.165) is 45.9 Å². The van der Waals surface area contributed by atoms with Crippen LogP contribution in [0.15, 0.2) is 47.7 Å². The minimum Gasteiger partial charge on any atom is -0.370 e. The first-order valence-electron chi connectivity index (χ1n) is 10.2. The number of rotatable bonds is 1. The molecule has 1 atom stereocenters. The largest absolute Gasteiger partial charge is 0.370 e. The molecule has 3 aromatic rings. The lowest BCUT2D eigenvalue weighted by Crippen LogP contribution is -2.31. The molecule has 0 spiro atoms. The second-order valence-corrected chi connectivity index (χ2v) is 9.16. The van der Waals surface area contributed by atoms with Crippen LogP contribution in [0.5, 0.6) is 0 Å². The van der Waals surface area contributed by atoms with Crippen molar-refractivity contribution in [1.82, 2.24) is 9.97 Å². The van der Waals surface area contributed by atoms with Gasteiger partial charge in [0.25, 0.3) is 0 Å². The number of para-hydroxylation sites is 2. The van der Waals surface area contributed by atoms with E-state index in [-0.39, 0.29) is 17.2 Å². The first-order valence-corrected chi connectivity index (χ1v) is 10.2. The van der Waals surface area contributed by atoms with Crippen molar-refractivity contribution in [3.05, 3.63) is 64.6 Å². The van der Waals surface area contributed by atoms with Gasteiger partial charge >= 0.3 is 0 Å². The van der Waals surface area contributed by atoms with E-state index in [1.165, 1.54) is 11.1 Å². The van der Waals surface area contributed by atoms with Gasteiger partial charge < -0.3 is 15.6 Å². The van der Waals surface area contributed by atoms with E-state index in [1.807, 2.05) is 24.3 Å². The number of benzene rings is 2. The minimum atomic E-state index is -0.308. The van der Waals surface area contributed by atoms with Crippen LogP contribution in [0.1, 0.15) is 49.7 Å². The molecule has 2 aromatic carbocycles. The fourth-order valence-electron chi connectivity index (χ4n) is 4.52. The Morgan fingerprint density at radius 2 is 1.76 bits per heavy atom. The van der Waals surface area contributed by atoms with Crippen molar-refractivity contribution in [1.29, 1.82) is 0 Å². The number of ketones is 1. The van der Waals surface area contributed by atoms with E-state index in [9.17, 15) is 4.79 Å². The summed E-state index contributed by atoms with van der Waals surface area (Å²) < 4.78 is 0. The van der Waals surface area contributed by atoms with Crippen LogP contribution in [0.3, 0.4) is 0 Å². The number of hydrogen-bond donors (Lipinski definition) is 3. The minimum absolute atomic E-state index is 0.0639. The molecule has 5 nitrogen and oxygen atoms in total. The van der Waals surface area contributed by atoms with Crippen molar-refractivity contribution in [3.8, 4) is 0 Å². The summed E-state index contributed by atoms with van der Waals surface area (Å²) in [6.07, 6.45) is 1.37. The zero-order chi connectivity index (χ0) is 20.3. The van der Waals surface area contributed by atoms with Crippen molar-refractivity contribution in [3.63, 3.8) is 0 Å². The van der Waals surface area contributed by atoms with Gasteiger partial charge in [-0.1, -0.05) is 26.0 Å². The van der Waals surface area contributed by atoms with Crippen LogP contribution < -0.4 is 10.6 Å². The van der Waals surface area contributed by atoms with Gasteiger partial charge in [-0.3, -0.25) is 4.79 Å². The molecule has 0 saturated carbocycles. The number of anilines is 2. The normalized spacial score (nSPS) is 20.6. The summed E-state index contributed by atoms with van der Waals surface area (Å²) in [7, 11) is 0. The summed E-state index contributed by atoms with van der Waals surface area (Å²) >= 11 is 0. The molecule has 0 radical (unpaired) electrons. The van der Waals surface area contributed by atoms with Crippen LogP contribution in [0.4, 0.5) is 11.4 Å². The number of allylic oxidation sites excluding steroid dienone is 1. The Morgan fingerprint density at radius 3 is 2.52 bits per heavy atom. The highest BCUT2D eigenvalue weighted by molar-refractivity contribution is 6.01. The van der Waals surface area contributed by atoms with Gasteiger partial charge in [0.1, 0.15) is 11.9 Å². The lowest BCUT2D eigenvalue weighted by molar-refractivity contribution is -0.118. The van der Waals surface area contributed by atoms with Crippen molar-refractivity contribution >= 4 is 28.2 Å². The molecule has 2 aliphatic rings. The van der Waals surface area contributed by atoms with E-state index in [0.29, 0.717) is 6.42 Å². The van der Waals surface area contributed by atoms with Gasteiger partial charge in [-0.2, -0.15) is 0 Å². The third kappa shape index (κ3) is 3.01. The van der Waals surface area contributed by atoms with Crippen molar-refractivity contribution in [2.45, 2.75) is 46.6 Å². The van der Waals surface area contributed by atoms with Gasteiger partial charge in [0.05, 0.1) is 22.4 Å². The highest BCUT2D eigenvalue weighted by Crippen LogP contribution is 2.45. The zero-order valence-corrected chi connectivity index (χ0v) is 17.3. The van der Waals surface area contributed by atoms with Gasteiger partial charge in [-0.05, 0) is 61.1 Å². The molecule has 29 heavy (non-hydrogen) atoms. The number of Topliss-reactive ketones (excluding diaryl/α,β-unsaturated/α-hetero) is 1. The van der Waals surface area contributed by atoms with Crippen molar-refractivity contribution in [2.24, 2.45) is 5.41 Å². The summed E-state index contributed by atoms with van der Waals surface area (Å²) in [5.74, 6) is 0.961. The quantitative estimate of drug-likeness (QED) is 0.524. The zero-order valence-electron chi connectivity index (χ0n) is 17.3. The summed E-state index contributed by atoms with van der Waals surface area (Å²) in [6, 6.07) is 12.0. The summed E-state index contributed by atoms with van der Waals surface area (Å²) in [6.45, 7) is 8.54. The van der Waals surface area contributed by atoms with Gasteiger partial charge in [-0.15, -0.1) is 0 Å². The van der Waals surface area contributed by atoms with Crippen LogP contribution in [0, 0.1) is 19.3 Å². The SMILES string of the molecule is Cc1cc2c(cc1C)N[C@@H](c1nc3ccccc3[nH]1)C1=C(CC(C)(C)CC1=O)N2. The van der Waals surface area contributed by atoms with Crippen LogP contribution in [-0.4, -0.2) is 15.8 Å². The van der Waals surface area contributed by atoms with Gasteiger partial charge in [0.15, 0.2) is 5.78 Å². The Labute approximate surface area is 170 Å². The van der Waals surface area contributed by atoms with E-state index < -0.39 is 0 Å². The Balaban J connectivity index is 1.71. The molecule has 5 rings (SSSR count). The predicted molar refractivity (Wildman–Crippen MR) is 117 cm³/mol. The standard InChI is InChI=1S/C24H26N4O/c1-13-9-17-18(10-14(13)2)26-22(23-27-15-7-5-6-8-16(15)28-23)21-19(25-17)11-24(3,4)12-20(21)29/h5-10,22,25-26H,11-12H2,1-4H3,(H,27,28)/t22-/m1/s1. The molecule has 2 heterocycles. The number of hydrogen-bond acceptors (Lipinski definition) is 4. The van der Waals surface area contributed by atoms with Crippen molar-refractivity contribution < 1.29 is 4.79 Å². The topological polar surface area (TPSA) is 69.8 Å². The number of carbonyl (C=O) groups excluding carboxylic acids is 1. The van der Waals surface area contributed by atoms with E-state index in [2.05, 4.69) is 55.4 Å². The third-order valence-corrected chi connectivity index (χ3v) is 6.11. The van der Waals surface area contributed by atoms with Gasteiger partial charge in [0, 0.05) is 17.7 Å². The maximum absolute atomic E-state index is 13.3. The molecule has 0 fully saturated rings. The van der Waals surface area contributed by atoms with E-state index >= 15 is 0 Å². The Bertz CT molecular complexity index is 1150. The Hall–Kier alpha value is -3.08. The van der Waals surface area contributed by atoms with Crippen LogP contribution in [0.2, 0.25) is 0 Å². The molecule has 1 aliphatic heterocycles. The average molecular weight is 386 g/mol. The van der Waals surface area contributed by atoms with Crippen molar-refractivity contribution in [2.75, 3.05) is 10.6 Å². The number of nitrogens with one attached hydrogen (secondary N) is 3. The van der Waals surface area contributed by atoms with Gasteiger partial charge in [-0.25, -0.2) is 4.98 Å². The van der Waals surface area contributed by atoms with Crippen LogP contribution >= 0.6 is 0 Å². The Morgan fingerprint density at radius 1 is 1.03 bits per heavy atom. The number of imidazole rings is 1. The second kappa shape index (κ2) is 6.21. The molecule has 5 heteroatoms. The number of H-pyrrole nitrogens is 1. The fourth-order valence-corrected chi connectivity index (χ4v) is 4.52. The smallest absolute Gasteiger partial charge is 0.163 e. The molecule has 148 valence electrons. The average Bonchev–Trinajstić information content (AvgIpc) is 3.00. The lowest BCUT2D eigenvalue weighted by atomic mass is 9.74. The number of aromatic amines is 1. The molecule has 1 aliphatic carbocycles. The molecule has 0 amide bonds. The molecule has 3 N–H and O–H groups in total. The lowest BCUT2D eigenvalue weighted by Gasteiger charge is -2.33. The molecular formula is C24H26N4O. The number of aromatic nitrogens is 2. The summed E-state index contributed by atoms with van der Waals surface area (Å²) in [4.78, 5) is 21.6. The molecular weight excluding hydrogens is 360 g/mol. The third-order valence-electron chi connectivity index (χ3n) is 6.11. The molecule has 0 bridgehead atoms. The maximum Gasteiger partial charge on any atom is 0.163 e. The Kier molecular flexibility index (Phi) is 3.85. The first-order chi connectivity index (χ1) is 13.8. The van der Waals surface area contributed by atoms with E-state index in [1.54, 1.807) is 0 Å². The predicted octanol–water partition coefficient (Wildman–Crippen LogP) is 5.40. The summed E-state index contributed by atoms with van der Waals surface area (Å²) in [5, 5.41) is 7.23. The highest BCUT2D eigenvalue weighted by atomic mass is 16.1. The highest BCUT2D eigenvalue weighted by Gasteiger charge is 2.39. The summed E-state index contributed by atoms with van der Waals surface area (Å²) in [5.41, 5.74) is 8.09. The monoisotopic (exact) mass is 386 g/mol. The first kappa shape index (κ1) is 18.0. The second-order valence-electron chi connectivity index (χ2n) is 9.16. The molecule has 0 unspecified atom stereocenters. The van der Waals surface area contributed by atoms with Gasteiger partial charge in [0.2, 0.25) is 0 Å². The van der Waals surface area contributed by atoms with E-state index in [4.69, 9.17) is 4.98 Å². The maximum atomic E-state index is 13.3. The number of fused-ring (bicyclic) bond motifs is 2. The van der Waals surface area contributed by atoms with Crippen LogP contribution in [-0.2, 0) is 4.79 Å². The van der Waals surface area contributed by atoms with Crippen LogP contribution in [0.25, 0.3) is 11.0 Å².